The molecule has 0 saturated carbocycles. The number of rotatable bonds is 1. The van der Waals surface area contributed by atoms with Crippen LogP contribution in [0.1, 0.15) is 22.1 Å². The Morgan fingerprint density at radius 1 is 1.53 bits per heavy atom. The second kappa shape index (κ2) is 4.04. The van der Waals surface area contributed by atoms with Gasteiger partial charge in [0, 0.05) is 17.6 Å². The third kappa shape index (κ3) is 1.89. The highest BCUT2D eigenvalue weighted by molar-refractivity contribution is 8.00. The van der Waals surface area contributed by atoms with Gasteiger partial charge in [-0.3, -0.25) is 9.78 Å². The molecule has 1 amide bonds. The summed E-state index contributed by atoms with van der Waals surface area (Å²) in [5, 5.41) is 2.57. The van der Waals surface area contributed by atoms with E-state index in [2.05, 4.69) is 29.0 Å². The summed E-state index contributed by atoms with van der Waals surface area (Å²) in [6.45, 7) is 3.77. The Labute approximate surface area is 104 Å². The van der Waals surface area contributed by atoms with Crippen molar-refractivity contribution in [2.24, 2.45) is 0 Å². The summed E-state index contributed by atoms with van der Waals surface area (Å²) in [7, 11) is 0. The van der Waals surface area contributed by atoms with Gasteiger partial charge < -0.3 is 5.32 Å². The molecule has 0 aromatic carbocycles. The second-order valence-corrected chi connectivity index (χ2v) is 5.29. The average molecular weight is 244 g/mol. The van der Waals surface area contributed by atoms with Crippen LogP contribution >= 0.6 is 11.8 Å². The number of amides is 1. The van der Waals surface area contributed by atoms with Crippen LogP contribution in [0.5, 0.6) is 0 Å². The Morgan fingerprint density at radius 3 is 3.24 bits per heavy atom. The van der Waals surface area contributed by atoms with Crippen molar-refractivity contribution in [2.45, 2.75) is 11.7 Å². The summed E-state index contributed by atoms with van der Waals surface area (Å²) in [5.74, 6) is 0.742. The number of carbonyl (C=O) groups is 1. The molecule has 17 heavy (non-hydrogen) atoms. The Kier molecular flexibility index (Phi) is 2.52. The Balaban J connectivity index is 1.91. The zero-order chi connectivity index (χ0) is 11.8. The molecule has 0 bridgehead atoms. The molecule has 4 heteroatoms. The van der Waals surface area contributed by atoms with E-state index in [0.29, 0.717) is 0 Å². The molecule has 1 N–H and O–H groups in total. The van der Waals surface area contributed by atoms with Gasteiger partial charge in [-0.05, 0) is 23.6 Å². The first-order valence-corrected chi connectivity index (χ1v) is 6.54. The minimum absolute atomic E-state index is 0.0133. The van der Waals surface area contributed by atoms with E-state index < -0.39 is 0 Å². The fourth-order valence-electron chi connectivity index (χ4n) is 2.05. The fourth-order valence-corrected chi connectivity index (χ4v) is 3.00. The Bertz CT molecular complexity index is 536. The monoisotopic (exact) mass is 244 g/mol. The van der Waals surface area contributed by atoms with Crippen molar-refractivity contribution in [3.63, 3.8) is 0 Å². The average Bonchev–Trinajstić information content (AvgIpc) is 2.75. The number of aromatic nitrogens is 1. The molecule has 1 saturated heterocycles. The molecule has 1 aliphatic heterocycles. The number of pyridine rings is 1. The first-order chi connectivity index (χ1) is 8.24. The van der Waals surface area contributed by atoms with Crippen LogP contribution in [0.4, 0.5) is 0 Å². The van der Waals surface area contributed by atoms with E-state index in [-0.39, 0.29) is 11.2 Å². The summed E-state index contributed by atoms with van der Waals surface area (Å²) in [6, 6.07) is 2.02. The Hall–Kier alpha value is -1.55. The summed E-state index contributed by atoms with van der Waals surface area (Å²) < 4.78 is 0. The van der Waals surface area contributed by atoms with E-state index >= 15 is 0 Å². The molecule has 1 aliphatic carbocycles. The first kappa shape index (κ1) is 10.6. The summed E-state index contributed by atoms with van der Waals surface area (Å²) in [6.07, 6.45) is 7.03. The zero-order valence-corrected chi connectivity index (χ0v) is 10.1. The van der Waals surface area contributed by atoms with Crippen molar-refractivity contribution >= 4 is 23.7 Å². The highest BCUT2D eigenvalue weighted by Gasteiger charge is 2.27. The molecule has 0 radical (unpaired) electrons. The number of carbonyl (C=O) groups excluding carboxylic acids is 1. The molecule has 86 valence electrons. The third-order valence-electron chi connectivity index (χ3n) is 2.91. The van der Waals surface area contributed by atoms with Crippen LogP contribution in [-0.2, 0) is 11.2 Å². The molecular formula is C13H12N2OS. The lowest BCUT2D eigenvalue weighted by molar-refractivity contribution is -0.120. The van der Waals surface area contributed by atoms with Crippen LogP contribution in [-0.4, -0.2) is 16.6 Å². The molecule has 1 atom stereocenters. The topological polar surface area (TPSA) is 42.0 Å². The minimum Gasteiger partial charge on any atom is -0.328 e. The predicted octanol–water partition coefficient (Wildman–Crippen LogP) is 2.07. The van der Waals surface area contributed by atoms with E-state index in [0.717, 1.165) is 23.6 Å². The molecule has 3 rings (SSSR count). The van der Waals surface area contributed by atoms with Gasteiger partial charge in [-0.1, -0.05) is 18.7 Å². The quantitative estimate of drug-likeness (QED) is 0.822. The van der Waals surface area contributed by atoms with Crippen molar-refractivity contribution in [3.05, 3.63) is 47.4 Å². The van der Waals surface area contributed by atoms with Gasteiger partial charge in [0.25, 0.3) is 0 Å². The SMILES string of the molecule is C=C1CSC(c2cc3c(cn2)CC=C3)C(=O)N1. The number of nitrogens with zero attached hydrogens (tertiary/aromatic N) is 1. The van der Waals surface area contributed by atoms with Gasteiger partial charge in [0.15, 0.2) is 0 Å². The lowest BCUT2D eigenvalue weighted by atomic mass is 10.1. The summed E-state index contributed by atoms with van der Waals surface area (Å²) in [5.41, 5.74) is 4.04. The highest BCUT2D eigenvalue weighted by atomic mass is 32.2. The predicted molar refractivity (Wildman–Crippen MR) is 69.5 cm³/mol. The number of fused-ring (bicyclic) bond motifs is 1. The number of hydrogen-bond donors (Lipinski definition) is 1. The van der Waals surface area contributed by atoms with Crippen molar-refractivity contribution < 1.29 is 4.79 Å². The standard InChI is InChI=1S/C13H12N2OS/c1-8-7-17-12(13(16)15-8)11-5-9-3-2-4-10(9)6-14-11/h2-3,5-6,12H,1,4,7H2,(H,15,16). The molecule has 2 aliphatic rings. The number of nitrogens with one attached hydrogen (secondary N) is 1. The normalized spacial score (nSPS) is 22.5. The maximum absolute atomic E-state index is 11.9. The highest BCUT2D eigenvalue weighted by Crippen LogP contribution is 2.33. The van der Waals surface area contributed by atoms with Gasteiger partial charge in [-0.15, -0.1) is 11.8 Å². The van der Waals surface area contributed by atoms with Crippen molar-refractivity contribution in [2.75, 3.05) is 5.75 Å². The van der Waals surface area contributed by atoms with Crippen LogP contribution in [0, 0.1) is 0 Å². The van der Waals surface area contributed by atoms with E-state index in [1.807, 2.05) is 12.3 Å². The van der Waals surface area contributed by atoms with Crippen LogP contribution in [0.25, 0.3) is 6.08 Å². The molecule has 2 heterocycles. The smallest absolute Gasteiger partial charge is 0.243 e. The molecule has 1 unspecified atom stereocenters. The Morgan fingerprint density at radius 2 is 2.41 bits per heavy atom. The molecule has 1 aromatic rings. The van der Waals surface area contributed by atoms with E-state index in [1.54, 1.807) is 11.8 Å². The first-order valence-electron chi connectivity index (χ1n) is 5.49. The van der Waals surface area contributed by atoms with Gasteiger partial charge in [0.05, 0.1) is 5.69 Å². The molecule has 1 aromatic heterocycles. The molecule has 1 fully saturated rings. The largest absolute Gasteiger partial charge is 0.328 e. The van der Waals surface area contributed by atoms with Gasteiger partial charge in [0.2, 0.25) is 5.91 Å². The number of hydrogen-bond acceptors (Lipinski definition) is 3. The van der Waals surface area contributed by atoms with Crippen LogP contribution in [0.3, 0.4) is 0 Å². The van der Waals surface area contributed by atoms with Gasteiger partial charge in [-0.25, -0.2) is 0 Å². The van der Waals surface area contributed by atoms with Gasteiger partial charge >= 0.3 is 0 Å². The lowest BCUT2D eigenvalue weighted by Gasteiger charge is -2.22. The maximum atomic E-state index is 11.9. The molecule has 3 nitrogen and oxygen atoms in total. The van der Waals surface area contributed by atoms with Crippen LogP contribution in [0.15, 0.2) is 30.6 Å². The third-order valence-corrected chi connectivity index (χ3v) is 4.21. The van der Waals surface area contributed by atoms with Crippen LogP contribution in [0.2, 0.25) is 0 Å². The second-order valence-electron chi connectivity index (χ2n) is 4.20. The summed E-state index contributed by atoms with van der Waals surface area (Å²) in [4.78, 5) is 16.3. The fraction of sp³-hybridized carbons (Fsp3) is 0.231. The minimum atomic E-state index is -0.209. The van der Waals surface area contributed by atoms with Crippen molar-refractivity contribution in [3.8, 4) is 0 Å². The number of thioether (sulfide) groups is 1. The van der Waals surface area contributed by atoms with E-state index in [4.69, 9.17) is 0 Å². The van der Waals surface area contributed by atoms with Crippen molar-refractivity contribution in [1.82, 2.24) is 10.3 Å². The summed E-state index contributed by atoms with van der Waals surface area (Å²) >= 11 is 1.58. The van der Waals surface area contributed by atoms with Gasteiger partial charge in [-0.2, -0.15) is 0 Å². The van der Waals surface area contributed by atoms with Gasteiger partial charge in [0.1, 0.15) is 5.25 Å². The van der Waals surface area contributed by atoms with E-state index in [1.165, 1.54) is 11.1 Å². The van der Waals surface area contributed by atoms with Crippen molar-refractivity contribution in [1.29, 1.82) is 0 Å². The lowest BCUT2D eigenvalue weighted by Crippen LogP contribution is -2.33. The molecular weight excluding hydrogens is 232 g/mol. The van der Waals surface area contributed by atoms with Crippen LogP contribution < -0.4 is 5.32 Å². The zero-order valence-electron chi connectivity index (χ0n) is 9.27. The maximum Gasteiger partial charge on any atom is 0.243 e. The molecule has 0 spiro atoms. The number of allylic oxidation sites excluding steroid dienone is 1. The van der Waals surface area contributed by atoms with E-state index in [9.17, 15) is 4.79 Å².